The van der Waals surface area contributed by atoms with Crippen molar-refractivity contribution in [3.05, 3.63) is 46.8 Å². The second kappa shape index (κ2) is 5.13. The van der Waals surface area contributed by atoms with Crippen LogP contribution in [0.25, 0.3) is 0 Å². The van der Waals surface area contributed by atoms with Gasteiger partial charge < -0.3 is 5.11 Å². The van der Waals surface area contributed by atoms with Gasteiger partial charge in [-0.2, -0.15) is 13.2 Å². The van der Waals surface area contributed by atoms with Gasteiger partial charge in [0.1, 0.15) is 5.82 Å². The van der Waals surface area contributed by atoms with Gasteiger partial charge in [0.05, 0.1) is 18.2 Å². The molecule has 0 saturated carbocycles. The van der Waals surface area contributed by atoms with Crippen molar-refractivity contribution >= 4 is 6.21 Å². The molecule has 0 amide bonds. The Kier molecular flexibility index (Phi) is 3.71. The zero-order valence-electron chi connectivity index (χ0n) is 9.78. The maximum atomic E-state index is 13.6. The average molecular weight is 273 g/mol. The Hall–Kier alpha value is -1.69. The predicted octanol–water partition coefficient (Wildman–Crippen LogP) is 2.80. The summed E-state index contributed by atoms with van der Waals surface area (Å²) in [6, 6.07) is 3.45. The van der Waals surface area contributed by atoms with Gasteiger partial charge in [0.2, 0.25) is 0 Å². The lowest BCUT2D eigenvalue weighted by Crippen LogP contribution is -2.12. The van der Waals surface area contributed by atoms with Crippen molar-refractivity contribution in [2.45, 2.75) is 25.2 Å². The molecule has 0 aliphatic carbocycles. The number of hydrogen-bond acceptors (Lipinski definition) is 2. The largest absolute Gasteiger partial charge is 0.417 e. The van der Waals surface area contributed by atoms with E-state index in [-0.39, 0.29) is 18.6 Å². The molecule has 1 atom stereocenters. The standard InChI is InChI=1S/C13H11F4NO/c14-12-3-8(7-19)1-2-9(12)4-11-5-10(6-18-11)13(15,16)17/h1-3,5-6,11,19H,4,7H2. The normalized spacial score (nSPS) is 18.8. The summed E-state index contributed by atoms with van der Waals surface area (Å²) in [6.07, 6.45) is -2.60. The number of aliphatic hydroxyl groups is 1. The highest BCUT2D eigenvalue weighted by molar-refractivity contribution is 5.83. The molecular formula is C13H11F4NO. The fourth-order valence-corrected chi connectivity index (χ4v) is 1.83. The summed E-state index contributed by atoms with van der Waals surface area (Å²) < 4.78 is 50.8. The summed E-state index contributed by atoms with van der Waals surface area (Å²) in [5.74, 6) is -0.546. The highest BCUT2D eigenvalue weighted by atomic mass is 19.4. The average Bonchev–Trinajstić information content (AvgIpc) is 2.80. The summed E-state index contributed by atoms with van der Waals surface area (Å²) in [6.45, 7) is -0.281. The number of nitrogens with zero attached hydrogens (tertiary/aromatic N) is 1. The van der Waals surface area contributed by atoms with Gasteiger partial charge in [0.25, 0.3) is 0 Å². The Morgan fingerprint density at radius 2 is 2.00 bits per heavy atom. The van der Waals surface area contributed by atoms with Crippen LogP contribution in [0.5, 0.6) is 0 Å². The number of halogens is 4. The summed E-state index contributed by atoms with van der Waals surface area (Å²) in [5.41, 5.74) is -0.105. The summed E-state index contributed by atoms with van der Waals surface area (Å²) >= 11 is 0. The third kappa shape index (κ3) is 3.20. The first-order valence-electron chi connectivity index (χ1n) is 5.60. The van der Waals surface area contributed by atoms with E-state index in [1.54, 1.807) is 0 Å². The number of hydrogen-bond donors (Lipinski definition) is 1. The number of aliphatic hydroxyl groups excluding tert-OH is 1. The third-order valence-corrected chi connectivity index (χ3v) is 2.83. The minimum absolute atomic E-state index is 0.0631. The monoisotopic (exact) mass is 273 g/mol. The molecule has 1 aromatic carbocycles. The Morgan fingerprint density at radius 3 is 2.53 bits per heavy atom. The molecule has 1 aliphatic rings. The zero-order valence-corrected chi connectivity index (χ0v) is 9.78. The molecule has 1 unspecified atom stereocenters. The van der Waals surface area contributed by atoms with Crippen LogP contribution < -0.4 is 0 Å². The molecule has 102 valence electrons. The molecule has 1 heterocycles. The van der Waals surface area contributed by atoms with E-state index in [9.17, 15) is 17.6 Å². The van der Waals surface area contributed by atoms with Crippen LogP contribution in [-0.4, -0.2) is 23.5 Å². The highest BCUT2D eigenvalue weighted by Crippen LogP contribution is 2.28. The molecule has 6 heteroatoms. The van der Waals surface area contributed by atoms with Crippen molar-refractivity contribution in [2.24, 2.45) is 4.99 Å². The van der Waals surface area contributed by atoms with Gasteiger partial charge in [0.15, 0.2) is 0 Å². The number of alkyl halides is 3. The van der Waals surface area contributed by atoms with Gasteiger partial charge in [-0.05, 0) is 23.3 Å². The van der Waals surface area contributed by atoms with Crippen LogP contribution in [0.3, 0.4) is 0 Å². The minimum atomic E-state index is -4.42. The van der Waals surface area contributed by atoms with E-state index >= 15 is 0 Å². The predicted molar refractivity (Wildman–Crippen MR) is 62.4 cm³/mol. The van der Waals surface area contributed by atoms with Crippen molar-refractivity contribution in [3.63, 3.8) is 0 Å². The molecule has 1 aliphatic heterocycles. The molecule has 19 heavy (non-hydrogen) atoms. The minimum Gasteiger partial charge on any atom is -0.392 e. The van der Waals surface area contributed by atoms with Crippen molar-refractivity contribution in [2.75, 3.05) is 0 Å². The van der Waals surface area contributed by atoms with Crippen molar-refractivity contribution < 1.29 is 22.7 Å². The molecule has 2 rings (SSSR count). The number of benzene rings is 1. The summed E-state index contributed by atoms with van der Waals surface area (Å²) in [5, 5.41) is 8.84. The SMILES string of the molecule is OCc1ccc(CC2C=C(C(F)(F)F)C=N2)c(F)c1. The molecule has 1 aromatic rings. The molecule has 2 nitrogen and oxygen atoms in total. The number of aliphatic imine (C=N–C) groups is 1. The maximum absolute atomic E-state index is 13.6. The van der Waals surface area contributed by atoms with E-state index in [4.69, 9.17) is 5.11 Å². The van der Waals surface area contributed by atoms with E-state index in [2.05, 4.69) is 4.99 Å². The van der Waals surface area contributed by atoms with Crippen LogP contribution in [0.2, 0.25) is 0 Å². The highest BCUT2D eigenvalue weighted by Gasteiger charge is 2.35. The Balaban J connectivity index is 2.12. The quantitative estimate of drug-likeness (QED) is 0.844. The zero-order chi connectivity index (χ0) is 14.0. The van der Waals surface area contributed by atoms with E-state index in [0.717, 1.165) is 12.3 Å². The van der Waals surface area contributed by atoms with Crippen molar-refractivity contribution in [1.82, 2.24) is 0 Å². The lowest BCUT2D eigenvalue weighted by atomic mass is 10.0. The van der Waals surface area contributed by atoms with Gasteiger partial charge in [-0.15, -0.1) is 0 Å². The molecule has 0 aromatic heterocycles. The second-order valence-electron chi connectivity index (χ2n) is 4.25. The second-order valence-corrected chi connectivity index (χ2v) is 4.25. The van der Waals surface area contributed by atoms with Crippen LogP contribution in [0.1, 0.15) is 11.1 Å². The fourth-order valence-electron chi connectivity index (χ4n) is 1.83. The lowest BCUT2D eigenvalue weighted by molar-refractivity contribution is -0.0855. The van der Waals surface area contributed by atoms with Gasteiger partial charge in [-0.3, -0.25) is 4.99 Å². The fraction of sp³-hybridized carbons (Fsp3) is 0.308. The lowest BCUT2D eigenvalue weighted by Gasteiger charge is -2.08. The molecule has 1 N–H and O–H groups in total. The van der Waals surface area contributed by atoms with Crippen LogP contribution >= 0.6 is 0 Å². The van der Waals surface area contributed by atoms with Gasteiger partial charge >= 0.3 is 6.18 Å². The van der Waals surface area contributed by atoms with Gasteiger partial charge in [-0.25, -0.2) is 4.39 Å². The Labute approximate surface area is 107 Å². The first-order chi connectivity index (χ1) is 8.90. The van der Waals surface area contributed by atoms with Crippen LogP contribution in [0, 0.1) is 5.82 Å². The molecule has 0 fully saturated rings. The van der Waals surface area contributed by atoms with Crippen LogP contribution in [-0.2, 0) is 13.0 Å². The topological polar surface area (TPSA) is 32.6 Å². The smallest absolute Gasteiger partial charge is 0.392 e. The van der Waals surface area contributed by atoms with Crippen molar-refractivity contribution in [3.8, 4) is 0 Å². The first kappa shape index (κ1) is 13.7. The van der Waals surface area contributed by atoms with E-state index in [1.807, 2.05) is 0 Å². The van der Waals surface area contributed by atoms with Gasteiger partial charge in [0, 0.05) is 12.6 Å². The Morgan fingerprint density at radius 1 is 1.26 bits per heavy atom. The first-order valence-corrected chi connectivity index (χ1v) is 5.60. The number of allylic oxidation sites excluding steroid dienone is 1. The van der Waals surface area contributed by atoms with E-state index in [1.165, 1.54) is 18.2 Å². The molecular weight excluding hydrogens is 262 g/mol. The molecule has 0 spiro atoms. The van der Waals surface area contributed by atoms with E-state index < -0.39 is 23.6 Å². The maximum Gasteiger partial charge on any atom is 0.417 e. The van der Waals surface area contributed by atoms with Crippen LogP contribution in [0.4, 0.5) is 17.6 Å². The van der Waals surface area contributed by atoms with Gasteiger partial charge in [-0.1, -0.05) is 12.1 Å². The molecule has 0 saturated heterocycles. The summed E-state index contributed by atoms with van der Waals surface area (Å²) in [7, 11) is 0. The molecule has 0 bridgehead atoms. The third-order valence-electron chi connectivity index (χ3n) is 2.83. The number of rotatable bonds is 3. The Bertz CT molecular complexity index is 534. The van der Waals surface area contributed by atoms with Crippen molar-refractivity contribution in [1.29, 1.82) is 0 Å². The molecule has 0 radical (unpaired) electrons. The summed E-state index contributed by atoms with van der Waals surface area (Å²) in [4.78, 5) is 3.71. The van der Waals surface area contributed by atoms with E-state index in [0.29, 0.717) is 5.56 Å². The van der Waals surface area contributed by atoms with Crippen LogP contribution in [0.15, 0.2) is 34.8 Å².